The molecule has 4 rings (SSSR count). The lowest BCUT2D eigenvalue weighted by atomic mass is 10.1. The van der Waals surface area contributed by atoms with E-state index in [0.717, 1.165) is 21.4 Å². The third-order valence-electron chi connectivity index (χ3n) is 4.15. The van der Waals surface area contributed by atoms with Gasteiger partial charge in [-0.2, -0.15) is 9.72 Å². The van der Waals surface area contributed by atoms with Crippen molar-refractivity contribution in [1.82, 2.24) is 14.1 Å². The van der Waals surface area contributed by atoms with Crippen LogP contribution in [0.3, 0.4) is 0 Å². The fourth-order valence-electron chi connectivity index (χ4n) is 2.79. The number of benzene rings is 1. The number of carbonyl (C=O) groups is 1. The summed E-state index contributed by atoms with van der Waals surface area (Å²) in [6.07, 6.45) is 4.86. The van der Waals surface area contributed by atoms with Gasteiger partial charge in [-0.1, -0.05) is 24.3 Å². The van der Waals surface area contributed by atoms with Crippen molar-refractivity contribution >= 4 is 11.6 Å². The van der Waals surface area contributed by atoms with E-state index < -0.39 is 5.91 Å². The van der Waals surface area contributed by atoms with Crippen LogP contribution in [0.5, 0.6) is 0 Å². The number of hydrogen-bond acceptors (Lipinski definition) is 4. The second-order valence-corrected chi connectivity index (χ2v) is 5.99. The maximum atomic E-state index is 12.4. The van der Waals surface area contributed by atoms with Gasteiger partial charge in [0.1, 0.15) is 11.3 Å². The lowest BCUT2D eigenvalue weighted by molar-refractivity contribution is 0.0983. The van der Waals surface area contributed by atoms with Gasteiger partial charge in [-0.3, -0.25) is 4.79 Å². The van der Waals surface area contributed by atoms with E-state index in [0.29, 0.717) is 5.65 Å². The van der Waals surface area contributed by atoms with E-state index in [1.165, 1.54) is 12.3 Å². The van der Waals surface area contributed by atoms with Gasteiger partial charge in [0, 0.05) is 18.6 Å². The molecule has 0 radical (unpaired) electrons. The molecule has 27 heavy (non-hydrogen) atoms. The minimum absolute atomic E-state index is 0.0222. The highest BCUT2D eigenvalue weighted by molar-refractivity contribution is 5.93. The Balaban J connectivity index is 1.72. The van der Waals surface area contributed by atoms with Crippen LogP contribution in [-0.2, 0) is 6.61 Å². The molecule has 0 unspecified atom stereocenters. The number of amides is 1. The highest BCUT2D eigenvalue weighted by Gasteiger charge is 2.11. The SMILES string of the molecule is O=C(N=c1ccccn1O)c1cn2cc(-c3cccc(CO)c3)ccc2n1. The fraction of sp³-hybridized carbons (Fsp3) is 0.0500. The first-order valence-electron chi connectivity index (χ1n) is 8.29. The van der Waals surface area contributed by atoms with Crippen molar-refractivity contribution in [2.24, 2.45) is 4.99 Å². The van der Waals surface area contributed by atoms with Crippen LogP contribution < -0.4 is 5.49 Å². The highest BCUT2D eigenvalue weighted by atomic mass is 16.5. The molecule has 3 heterocycles. The van der Waals surface area contributed by atoms with Crippen molar-refractivity contribution in [3.05, 3.63) is 89.9 Å². The van der Waals surface area contributed by atoms with Crippen LogP contribution in [0.2, 0.25) is 0 Å². The molecule has 0 fully saturated rings. The van der Waals surface area contributed by atoms with E-state index in [2.05, 4.69) is 9.98 Å². The molecule has 0 aliphatic heterocycles. The molecule has 0 bridgehead atoms. The van der Waals surface area contributed by atoms with Crippen molar-refractivity contribution < 1.29 is 15.1 Å². The first kappa shape index (κ1) is 16.7. The predicted molar refractivity (Wildman–Crippen MR) is 98.1 cm³/mol. The van der Waals surface area contributed by atoms with Crippen molar-refractivity contribution in [2.75, 3.05) is 0 Å². The molecule has 0 saturated heterocycles. The molecule has 1 aromatic carbocycles. The zero-order chi connectivity index (χ0) is 18.8. The largest absolute Gasteiger partial charge is 0.427 e. The van der Waals surface area contributed by atoms with E-state index in [9.17, 15) is 15.1 Å². The molecule has 7 heteroatoms. The minimum Gasteiger partial charge on any atom is -0.427 e. The topological polar surface area (TPSA) is 92.1 Å². The molecule has 0 aliphatic rings. The Hall–Kier alpha value is -3.71. The van der Waals surface area contributed by atoms with E-state index >= 15 is 0 Å². The van der Waals surface area contributed by atoms with E-state index in [4.69, 9.17) is 0 Å². The van der Waals surface area contributed by atoms with Crippen molar-refractivity contribution in [3.63, 3.8) is 0 Å². The standard InChI is InChI=1S/C20H16N4O3/c25-13-14-4-3-5-15(10-14)16-7-8-18-21-17(12-23(18)11-16)20(26)22-19-6-1-2-9-24(19)27/h1-12,25,27H,13H2. The number of aromatic nitrogens is 3. The minimum atomic E-state index is -0.545. The van der Waals surface area contributed by atoms with Crippen LogP contribution in [0.4, 0.5) is 0 Å². The molecule has 0 spiro atoms. The smallest absolute Gasteiger partial charge is 0.299 e. The zero-order valence-electron chi connectivity index (χ0n) is 14.2. The number of hydrogen-bond donors (Lipinski definition) is 2. The molecule has 3 aromatic heterocycles. The molecule has 0 saturated carbocycles. The van der Waals surface area contributed by atoms with Crippen LogP contribution in [0.15, 0.2) is 78.2 Å². The monoisotopic (exact) mass is 360 g/mol. The van der Waals surface area contributed by atoms with Crippen LogP contribution in [0.1, 0.15) is 16.1 Å². The first-order chi connectivity index (χ1) is 13.1. The Morgan fingerprint density at radius 3 is 2.74 bits per heavy atom. The second-order valence-electron chi connectivity index (χ2n) is 5.99. The summed E-state index contributed by atoms with van der Waals surface area (Å²) in [4.78, 5) is 20.6. The number of aliphatic hydroxyl groups is 1. The summed E-state index contributed by atoms with van der Waals surface area (Å²) < 4.78 is 2.53. The Morgan fingerprint density at radius 2 is 1.93 bits per heavy atom. The molecule has 1 amide bonds. The molecule has 0 aliphatic carbocycles. The Bertz CT molecular complexity index is 1210. The average molecular weight is 360 g/mol. The van der Waals surface area contributed by atoms with Gasteiger partial charge in [-0.05, 0) is 47.0 Å². The Kier molecular flexibility index (Phi) is 4.27. The van der Waals surface area contributed by atoms with Crippen molar-refractivity contribution in [3.8, 4) is 11.1 Å². The van der Waals surface area contributed by atoms with E-state index in [1.54, 1.807) is 22.7 Å². The van der Waals surface area contributed by atoms with Crippen LogP contribution >= 0.6 is 0 Å². The summed E-state index contributed by atoms with van der Waals surface area (Å²) in [5, 5.41) is 19.0. The van der Waals surface area contributed by atoms with Gasteiger partial charge < -0.3 is 14.7 Å². The summed E-state index contributed by atoms with van der Waals surface area (Å²) in [5.74, 6) is -0.545. The van der Waals surface area contributed by atoms with Crippen LogP contribution in [-0.4, -0.2) is 30.3 Å². The normalized spacial score (nSPS) is 11.8. The summed E-state index contributed by atoms with van der Waals surface area (Å²) in [6, 6.07) is 16.2. The van der Waals surface area contributed by atoms with Crippen molar-refractivity contribution in [2.45, 2.75) is 6.61 Å². The molecule has 134 valence electrons. The predicted octanol–water partition coefficient (Wildman–Crippen LogP) is 2.27. The zero-order valence-corrected chi connectivity index (χ0v) is 14.2. The third-order valence-corrected chi connectivity index (χ3v) is 4.15. The number of rotatable bonds is 3. The van der Waals surface area contributed by atoms with Gasteiger partial charge in [0.15, 0.2) is 5.49 Å². The first-order valence-corrected chi connectivity index (χ1v) is 8.29. The molecule has 2 N–H and O–H groups in total. The number of carbonyl (C=O) groups excluding carboxylic acids is 1. The summed E-state index contributed by atoms with van der Waals surface area (Å²) in [5.41, 5.74) is 3.64. The summed E-state index contributed by atoms with van der Waals surface area (Å²) >= 11 is 0. The Labute approximate surface area is 154 Å². The molecular formula is C20H16N4O3. The summed E-state index contributed by atoms with van der Waals surface area (Å²) in [6.45, 7) is -0.0222. The van der Waals surface area contributed by atoms with Gasteiger partial charge in [-0.25, -0.2) is 4.98 Å². The third kappa shape index (κ3) is 3.36. The van der Waals surface area contributed by atoms with Crippen LogP contribution in [0.25, 0.3) is 16.8 Å². The van der Waals surface area contributed by atoms with Gasteiger partial charge >= 0.3 is 0 Å². The fourth-order valence-corrected chi connectivity index (χ4v) is 2.79. The number of aliphatic hydroxyl groups excluding tert-OH is 1. The van der Waals surface area contributed by atoms with Gasteiger partial charge in [0.25, 0.3) is 5.91 Å². The summed E-state index contributed by atoms with van der Waals surface area (Å²) in [7, 11) is 0. The second kappa shape index (κ2) is 6.89. The average Bonchev–Trinajstić information content (AvgIpc) is 3.13. The number of nitrogens with zero attached hydrogens (tertiary/aromatic N) is 4. The van der Waals surface area contributed by atoms with Gasteiger partial charge in [0.2, 0.25) is 0 Å². The highest BCUT2D eigenvalue weighted by Crippen LogP contribution is 2.21. The number of fused-ring (bicyclic) bond motifs is 1. The van der Waals surface area contributed by atoms with Crippen LogP contribution in [0, 0.1) is 0 Å². The number of pyridine rings is 2. The number of imidazole rings is 1. The van der Waals surface area contributed by atoms with E-state index in [-0.39, 0.29) is 17.8 Å². The quantitative estimate of drug-likeness (QED) is 0.548. The lowest BCUT2D eigenvalue weighted by Crippen LogP contribution is -2.19. The maximum Gasteiger partial charge on any atom is 0.299 e. The maximum absolute atomic E-state index is 12.4. The Morgan fingerprint density at radius 1 is 1.04 bits per heavy atom. The van der Waals surface area contributed by atoms with Gasteiger partial charge in [0.05, 0.1) is 6.61 Å². The van der Waals surface area contributed by atoms with Gasteiger partial charge in [-0.15, -0.1) is 0 Å². The molecular weight excluding hydrogens is 344 g/mol. The lowest BCUT2D eigenvalue weighted by Gasteiger charge is -2.04. The van der Waals surface area contributed by atoms with Crippen molar-refractivity contribution in [1.29, 1.82) is 0 Å². The van der Waals surface area contributed by atoms with E-state index in [1.807, 2.05) is 42.6 Å². The molecule has 4 aromatic rings. The molecule has 7 nitrogen and oxygen atoms in total. The molecule has 0 atom stereocenters.